The molecule has 2 rings (SSSR count). The summed E-state index contributed by atoms with van der Waals surface area (Å²) in [6.45, 7) is 4.24. The van der Waals surface area contributed by atoms with Gasteiger partial charge in [0.25, 0.3) is 0 Å². The molecular weight excluding hydrogens is 334 g/mol. The predicted molar refractivity (Wildman–Crippen MR) is 88.9 cm³/mol. The van der Waals surface area contributed by atoms with Crippen molar-refractivity contribution in [3.05, 3.63) is 45.8 Å². The first-order valence-electron chi connectivity index (χ1n) is 6.61. The van der Waals surface area contributed by atoms with Gasteiger partial charge < -0.3 is 5.73 Å². The van der Waals surface area contributed by atoms with Gasteiger partial charge in [-0.3, -0.25) is 0 Å². The van der Waals surface area contributed by atoms with Crippen molar-refractivity contribution in [1.82, 2.24) is 9.97 Å². The fraction of sp³-hybridized carbons (Fsp3) is 0.333. The van der Waals surface area contributed by atoms with Gasteiger partial charge in [0.15, 0.2) is 0 Å². The molecule has 0 fully saturated rings. The number of nitrogens with two attached hydrogens (primary N) is 1. The monoisotopic (exact) mass is 351 g/mol. The quantitative estimate of drug-likeness (QED) is 0.812. The van der Waals surface area contributed by atoms with Gasteiger partial charge in [0.05, 0.1) is 15.9 Å². The van der Waals surface area contributed by atoms with Crippen LogP contribution in [0, 0.1) is 6.92 Å². The molecule has 0 saturated carbocycles. The van der Waals surface area contributed by atoms with E-state index in [1.807, 2.05) is 6.07 Å². The Bertz CT molecular complexity index is 602. The Morgan fingerprint density at radius 3 is 2.70 bits per heavy atom. The molecule has 0 unspecified atom stereocenters. The summed E-state index contributed by atoms with van der Waals surface area (Å²) >= 11 is 5.21. The van der Waals surface area contributed by atoms with Gasteiger partial charge in [-0.1, -0.05) is 31.5 Å². The highest BCUT2D eigenvalue weighted by Crippen LogP contribution is 2.27. The van der Waals surface area contributed by atoms with Gasteiger partial charge in [0, 0.05) is 4.90 Å². The zero-order valence-electron chi connectivity index (χ0n) is 11.7. The Morgan fingerprint density at radius 2 is 2.00 bits per heavy atom. The average Bonchev–Trinajstić information content (AvgIpc) is 2.43. The Balaban J connectivity index is 2.16. The van der Waals surface area contributed by atoms with Gasteiger partial charge in [0.1, 0.15) is 11.6 Å². The van der Waals surface area contributed by atoms with Gasteiger partial charge in [-0.05, 0) is 40.9 Å². The number of anilines is 1. The van der Waals surface area contributed by atoms with E-state index in [9.17, 15) is 0 Å². The van der Waals surface area contributed by atoms with Crippen LogP contribution in [0.5, 0.6) is 0 Å². The number of aryl methyl sites for hydroxylation is 2. The van der Waals surface area contributed by atoms with E-state index in [0.717, 1.165) is 34.6 Å². The van der Waals surface area contributed by atoms with Crippen molar-refractivity contribution >= 4 is 33.5 Å². The van der Waals surface area contributed by atoms with E-state index in [2.05, 4.69) is 57.9 Å². The second-order valence-corrected chi connectivity index (χ2v) is 6.40. The lowest BCUT2D eigenvalue weighted by molar-refractivity contribution is 0.848. The highest BCUT2D eigenvalue weighted by Gasteiger charge is 2.10. The van der Waals surface area contributed by atoms with E-state index in [1.165, 1.54) is 10.5 Å². The number of nitrogens with zero attached hydrogens (tertiary/aromatic N) is 2. The molecule has 5 heteroatoms. The molecule has 20 heavy (non-hydrogen) atoms. The van der Waals surface area contributed by atoms with E-state index < -0.39 is 0 Å². The molecule has 2 N–H and O–H groups in total. The number of rotatable bonds is 5. The standard InChI is InChI=1S/C15H18BrN3S/c1-3-6-11-14(16)15(17)19-13(18-11)9-20-12-8-5-4-7-10(12)2/h4-5,7-8H,3,6,9H2,1-2H3,(H2,17,18,19). The van der Waals surface area contributed by atoms with Gasteiger partial charge in [-0.2, -0.15) is 0 Å². The van der Waals surface area contributed by atoms with E-state index in [4.69, 9.17) is 5.73 Å². The minimum Gasteiger partial charge on any atom is -0.383 e. The molecule has 1 aromatic heterocycles. The third-order valence-electron chi connectivity index (χ3n) is 2.93. The molecule has 0 radical (unpaired) electrons. The average molecular weight is 352 g/mol. The highest BCUT2D eigenvalue weighted by atomic mass is 79.9. The van der Waals surface area contributed by atoms with Crippen LogP contribution in [0.1, 0.15) is 30.4 Å². The van der Waals surface area contributed by atoms with Crippen LogP contribution < -0.4 is 5.73 Å². The van der Waals surface area contributed by atoms with E-state index >= 15 is 0 Å². The fourth-order valence-corrected chi connectivity index (χ4v) is 3.15. The highest BCUT2D eigenvalue weighted by molar-refractivity contribution is 9.10. The Morgan fingerprint density at radius 1 is 1.25 bits per heavy atom. The van der Waals surface area contributed by atoms with E-state index in [-0.39, 0.29) is 0 Å². The molecule has 0 saturated heterocycles. The first kappa shape index (κ1) is 15.3. The van der Waals surface area contributed by atoms with Crippen LogP contribution >= 0.6 is 27.7 Å². The maximum atomic E-state index is 5.94. The zero-order chi connectivity index (χ0) is 14.5. The number of benzene rings is 1. The number of halogens is 1. The summed E-state index contributed by atoms with van der Waals surface area (Å²) in [5.74, 6) is 2.06. The molecule has 3 nitrogen and oxygen atoms in total. The van der Waals surface area contributed by atoms with Crippen molar-refractivity contribution in [2.45, 2.75) is 37.3 Å². The summed E-state index contributed by atoms with van der Waals surface area (Å²) in [5, 5.41) is 0. The lowest BCUT2D eigenvalue weighted by atomic mass is 10.2. The molecule has 106 valence electrons. The van der Waals surface area contributed by atoms with Crippen molar-refractivity contribution < 1.29 is 0 Å². The second-order valence-electron chi connectivity index (χ2n) is 4.59. The summed E-state index contributed by atoms with van der Waals surface area (Å²) < 4.78 is 0.837. The Kier molecular flexibility index (Phi) is 5.43. The first-order chi connectivity index (χ1) is 9.61. The normalized spacial score (nSPS) is 10.8. The zero-order valence-corrected chi connectivity index (χ0v) is 14.1. The molecule has 0 atom stereocenters. The summed E-state index contributed by atoms with van der Waals surface area (Å²) in [6, 6.07) is 8.33. The number of hydrogen-bond donors (Lipinski definition) is 1. The van der Waals surface area contributed by atoms with Crippen LogP contribution in [0.25, 0.3) is 0 Å². The summed E-state index contributed by atoms with van der Waals surface area (Å²) in [5.41, 5.74) is 8.22. The van der Waals surface area contributed by atoms with Crippen molar-refractivity contribution in [2.75, 3.05) is 5.73 Å². The van der Waals surface area contributed by atoms with E-state index in [0.29, 0.717) is 5.82 Å². The smallest absolute Gasteiger partial charge is 0.141 e. The summed E-state index contributed by atoms with van der Waals surface area (Å²) in [4.78, 5) is 10.2. The molecule has 1 aromatic carbocycles. The first-order valence-corrected chi connectivity index (χ1v) is 8.39. The molecule has 0 spiro atoms. The third kappa shape index (κ3) is 3.73. The largest absolute Gasteiger partial charge is 0.383 e. The van der Waals surface area contributed by atoms with Crippen molar-refractivity contribution in [2.24, 2.45) is 0 Å². The fourth-order valence-electron chi connectivity index (χ4n) is 1.89. The third-order valence-corrected chi connectivity index (χ3v) is 4.96. The Hall–Kier alpha value is -1.07. The van der Waals surface area contributed by atoms with Crippen molar-refractivity contribution in [3.8, 4) is 0 Å². The minimum absolute atomic E-state index is 0.531. The maximum Gasteiger partial charge on any atom is 0.141 e. The molecular formula is C15H18BrN3S. The van der Waals surface area contributed by atoms with Crippen molar-refractivity contribution in [1.29, 1.82) is 0 Å². The number of aromatic nitrogens is 2. The van der Waals surface area contributed by atoms with Gasteiger partial charge >= 0.3 is 0 Å². The molecule has 1 heterocycles. The van der Waals surface area contributed by atoms with Crippen LogP contribution in [0.15, 0.2) is 33.6 Å². The van der Waals surface area contributed by atoms with E-state index in [1.54, 1.807) is 11.8 Å². The number of thioether (sulfide) groups is 1. The molecule has 0 bridgehead atoms. The number of hydrogen-bond acceptors (Lipinski definition) is 4. The minimum atomic E-state index is 0.531. The molecule has 0 amide bonds. The van der Waals surface area contributed by atoms with Crippen LogP contribution in [0.4, 0.5) is 5.82 Å². The van der Waals surface area contributed by atoms with Crippen LogP contribution in [-0.4, -0.2) is 9.97 Å². The topological polar surface area (TPSA) is 51.8 Å². The van der Waals surface area contributed by atoms with Crippen LogP contribution in [0.3, 0.4) is 0 Å². The second kappa shape index (κ2) is 7.09. The summed E-state index contributed by atoms with van der Waals surface area (Å²) in [6.07, 6.45) is 1.95. The van der Waals surface area contributed by atoms with Gasteiger partial charge in [-0.15, -0.1) is 11.8 Å². The van der Waals surface area contributed by atoms with Crippen LogP contribution in [0.2, 0.25) is 0 Å². The molecule has 0 aliphatic carbocycles. The summed E-state index contributed by atoms with van der Waals surface area (Å²) in [7, 11) is 0. The molecule has 0 aliphatic rings. The lowest BCUT2D eigenvalue weighted by Gasteiger charge is -2.09. The lowest BCUT2D eigenvalue weighted by Crippen LogP contribution is -2.04. The van der Waals surface area contributed by atoms with Crippen molar-refractivity contribution in [3.63, 3.8) is 0 Å². The van der Waals surface area contributed by atoms with Gasteiger partial charge in [0.2, 0.25) is 0 Å². The SMILES string of the molecule is CCCc1nc(CSc2ccccc2C)nc(N)c1Br. The molecule has 2 aromatic rings. The maximum absolute atomic E-state index is 5.94. The predicted octanol–water partition coefficient (Wildman–Crippen LogP) is 4.37. The van der Waals surface area contributed by atoms with Gasteiger partial charge in [-0.25, -0.2) is 9.97 Å². The Labute approximate surface area is 132 Å². The molecule has 0 aliphatic heterocycles. The number of nitrogen functional groups attached to an aromatic ring is 1. The van der Waals surface area contributed by atoms with Crippen LogP contribution in [-0.2, 0) is 12.2 Å².